The van der Waals surface area contributed by atoms with Crippen molar-refractivity contribution in [2.75, 3.05) is 0 Å². The van der Waals surface area contributed by atoms with Crippen LogP contribution in [0.1, 0.15) is 51.5 Å². The molecule has 1 unspecified atom stereocenters. The van der Waals surface area contributed by atoms with Gasteiger partial charge in [0.1, 0.15) is 5.82 Å². The molecule has 0 aliphatic rings. The van der Waals surface area contributed by atoms with E-state index in [1.807, 2.05) is 12.1 Å². The van der Waals surface area contributed by atoms with Gasteiger partial charge >= 0.3 is 0 Å². The second-order valence-electron chi connectivity index (χ2n) is 4.94. The van der Waals surface area contributed by atoms with Gasteiger partial charge in [0.15, 0.2) is 0 Å². The zero-order valence-electron chi connectivity index (χ0n) is 11.7. The first-order valence-electron chi connectivity index (χ1n) is 6.63. The number of hydrogen-bond donors (Lipinski definition) is 0. The lowest BCUT2D eigenvalue weighted by molar-refractivity contribution is 0.626. The highest BCUT2D eigenvalue weighted by atomic mass is 19.1. The van der Waals surface area contributed by atoms with Gasteiger partial charge in [-0.3, -0.25) is 0 Å². The summed E-state index contributed by atoms with van der Waals surface area (Å²) in [5.41, 5.74) is 3.73. The van der Waals surface area contributed by atoms with Crippen LogP contribution in [0.2, 0.25) is 0 Å². The Labute approximate surface area is 110 Å². The van der Waals surface area contributed by atoms with Gasteiger partial charge in [-0.2, -0.15) is 0 Å². The van der Waals surface area contributed by atoms with Crippen molar-refractivity contribution < 1.29 is 4.39 Å². The number of benzene rings is 1. The molecule has 0 amide bonds. The Morgan fingerprint density at radius 3 is 2.50 bits per heavy atom. The molecule has 0 aromatic heterocycles. The van der Waals surface area contributed by atoms with Crippen molar-refractivity contribution in [1.29, 1.82) is 0 Å². The summed E-state index contributed by atoms with van der Waals surface area (Å²) in [7, 11) is 0. The van der Waals surface area contributed by atoms with E-state index in [1.165, 1.54) is 29.7 Å². The van der Waals surface area contributed by atoms with E-state index in [1.54, 1.807) is 0 Å². The monoisotopic (exact) mass is 246 g/mol. The summed E-state index contributed by atoms with van der Waals surface area (Å²) in [6.45, 7) is 10.6. The van der Waals surface area contributed by atoms with Gasteiger partial charge in [0.25, 0.3) is 0 Å². The molecular formula is C17H23F. The maximum absolute atomic E-state index is 12.9. The van der Waals surface area contributed by atoms with Gasteiger partial charge in [0, 0.05) is 5.92 Å². The molecule has 0 N–H and O–H groups in total. The van der Waals surface area contributed by atoms with Crippen molar-refractivity contribution in [2.45, 2.75) is 46.0 Å². The Kier molecular flexibility index (Phi) is 5.84. The summed E-state index contributed by atoms with van der Waals surface area (Å²) in [6.07, 6.45) is 5.50. The molecule has 1 aromatic carbocycles. The first-order valence-corrected chi connectivity index (χ1v) is 6.63. The lowest BCUT2D eigenvalue weighted by Gasteiger charge is -2.14. The SMILES string of the molecule is C=C(C/C=C(\C)CCC)C(C)c1ccc(F)cc1. The third kappa shape index (κ3) is 4.48. The molecule has 0 bridgehead atoms. The Morgan fingerprint density at radius 1 is 1.33 bits per heavy atom. The Morgan fingerprint density at radius 2 is 1.94 bits per heavy atom. The molecule has 0 spiro atoms. The lowest BCUT2D eigenvalue weighted by Crippen LogP contribution is -1.97. The second-order valence-corrected chi connectivity index (χ2v) is 4.94. The maximum atomic E-state index is 12.9. The van der Waals surface area contributed by atoms with E-state index in [9.17, 15) is 4.39 Å². The fourth-order valence-corrected chi connectivity index (χ4v) is 1.97. The van der Waals surface area contributed by atoms with Crippen molar-refractivity contribution in [3.63, 3.8) is 0 Å². The van der Waals surface area contributed by atoms with Crippen LogP contribution < -0.4 is 0 Å². The van der Waals surface area contributed by atoms with Crippen molar-refractivity contribution in [2.24, 2.45) is 0 Å². The van der Waals surface area contributed by atoms with Crippen LogP contribution in [-0.4, -0.2) is 0 Å². The molecule has 1 atom stereocenters. The smallest absolute Gasteiger partial charge is 0.123 e. The van der Waals surface area contributed by atoms with Crippen LogP contribution in [0.3, 0.4) is 0 Å². The van der Waals surface area contributed by atoms with E-state index in [0.717, 1.165) is 18.4 Å². The summed E-state index contributed by atoms with van der Waals surface area (Å²) in [4.78, 5) is 0. The molecule has 1 aromatic rings. The average molecular weight is 246 g/mol. The van der Waals surface area contributed by atoms with E-state index in [-0.39, 0.29) is 11.7 Å². The molecule has 0 aliphatic heterocycles. The zero-order chi connectivity index (χ0) is 13.5. The minimum atomic E-state index is -0.185. The average Bonchev–Trinajstić information content (AvgIpc) is 2.36. The van der Waals surface area contributed by atoms with Crippen LogP contribution in [-0.2, 0) is 0 Å². The van der Waals surface area contributed by atoms with Gasteiger partial charge in [-0.05, 0) is 37.5 Å². The van der Waals surface area contributed by atoms with Crippen LogP contribution >= 0.6 is 0 Å². The first kappa shape index (κ1) is 14.7. The molecule has 0 nitrogen and oxygen atoms in total. The topological polar surface area (TPSA) is 0 Å². The standard InChI is InChI=1S/C17H23F/c1-5-6-13(2)7-8-14(3)15(4)16-9-11-17(18)12-10-16/h7,9-12,15H,3,5-6,8H2,1-2,4H3/b13-7+. The fourth-order valence-electron chi connectivity index (χ4n) is 1.97. The Bertz CT molecular complexity index is 412. The van der Waals surface area contributed by atoms with Gasteiger partial charge in [-0.1, -0.05) is 56.2 Å². The third-order valence-corrected chi connectivity index (χ3v) is 3.34. The molecule has 0 fully saturated rings. The number of allylic oxidation sites excluding steroid dienone is 3. The van der Waals surface area contributed by atoms with E-state index >= 15 is 0 Å². The molecule has 18 heavy (non-hydrogen) atoms. The molecule has 1 rings (SSSR count). The van der Waals surface area contributed by atoms with Crippen LogP contribution in [0.15, 0.2) is 48.1 Å². The third-order valence-electron chi connectivity index (χ3n) is 3.34. The molecule has 0 saturated carbocycles. The van der Waals surface area contributed by atoms with E-state index < -0.39 is 0 Å². The first-order chi connectivity index (χ1) is 8.54. The van der Waals surface area contributed by atoms with Crippen LogP contribution in [0.25, 0.3) is 0 Å². The van der Waals surface area contributed by atoms with Crippen molar-refractivity contribution in [1.82, 2.24) is 0 Å². The van der Waals surface area contributed by atoms with Gasteiger partial charge in [0.2, 0.25) is 0 Å². The highest BCUT2D eigenvalue weighted by Gasteiger charge is 2.08. The number of halogens is 1. The molecule has 0 heterocycles. The summed E-state index contributed by atoms with van der Waals surface area (Å²) in [6, 6.07) is 6.70. The highest BCUT2D eigenvalue weighted by molar-refractivity contribution is 5.28. The van der Waals surface area contributed by atoms with Crippen LogP contribution in [0.4, 0.5) is 4.39 Å². The van der Waals surface area contributed by atoms with Crippen LogP contribution in [0.5, 0.6) is 0 Å². The minimum absolute atomic E-state index is 0.185. The quantitative estimate of drug-likeness (QED) is 0.571. The predicted octanol–water partition coefficient (Wildman–Crippen LogP) is 5.62. The van der Waals surface area contributed by atoms with Gasteiger partial charge < -0.3 is 0 Å². The largest absolute Gasteiger partial charge is 0.207 e. The highest BCUT2D eigenvalue weighted by Crippen LogP contribution is 2.25. The predicted molar refractivity (Wildman–Crippen MR) is 77.2 cm³/mol. The van der Waals surface area contributed by atoms with Crippen molar-refractivity contribution in [3.8, 4) is 0 Å². The van der Waals surface area contributed by atoms with Crippen LogP contribution in [0, 0.1) is 5.82 Å². The molecule has 0 aliphatic carbocycles. The van der Waals surface area contributed by atoms with Crippen molar-refractivity contribution >= 4 is 0 Å². The lowest BCUT2D eigenvalue weighted by atomic mass is 9.91. The van der Waals surface area contributed by atoms with E-state index in [2.05, 4.69) is 33.4 Å². The van der Waals surface area contributed by atoms with E-state index in [4.69, 9.17) is 0 Å². The molecule has 0 radical (unpaired) electrons. The van der Waals surface area contributed by atoms with E-state index in [0.29, 0.717) is 0 Å². The summed E-state index contributed by atoms with van der Waals surface area (Å²) in [5, 5.41) is 0. The summed E-state index contributed by atoms with van der Waals surface area (Å²) >= 11 is 0. The molecule has 1 heteroatoms. The Hall–Kier alpha value is -1.37. The summed E-state index contributed by atoms with van der Waals surface area (Å²) < 4.78 is 12.9. The molecular weight excluding hydrogens is 223 g/mol. The van der Waals surface area contributed by atoms with Gasteiger partial charge in [-0.25, -0.2) is 4.39 Å². The summed E-state index contributed by atoms with van der Waals surface area (Å²) in [5.74, 6) is 0.0894. The zero-order valence-corrected chi connectivity index (χ0v) is 11.7. The Balaban J connectivity index is 2.61. The number of rotatable bonds is 6. The minimum Gasteiger partial charge on any atom is -0.207 e. The fraction of sp³-hybridized carbons (Fsp3) is 0.412. The van der Waals surface area contributed by atoms with Crippen molar-refractivity contribution in [3.05, 3.63) is 59.4 Å². The second kappa shape index (κ2) is 7.15. The molecule has 98 valence electrons. The van der Waals surface area contributed by atoms with Gasteiger partial charge in [0.05, 0.1) is 0 Å². The maximum Gasteiger partial charge on any atom is 0.123 e. The molecule has 0 saturated heterocycles. The number of hydrogen-bond acceptors (Lipinski definition) is 0. The normalized spacial score (nSPS) is 13.4. The van der Waals surface area contributed by atoms with Gasteiger partial charge in [-0.15, -0.1) is 0 Å².